The van der Waals surface area contributed by atoms with E-state index >= 15 is 0 Å². The summed E-state index contributed by atoms with van der Waals surface area (Å²) in [6.45, 7) is 1.81. The third-order valence-electron chi connectivity index (χ3n) is 5.71. The minimum atomic E-state index is -0.715. The van der Waals surface area contributed by atoms with Gasteiger partial charge in [-0.15, -0.1) is 0 Å². The molecule has 3 aromatic rings. The molecule has 1 aliphatic rings. The molecule has 6 nitrogen and oxygen atoms in total. The fourth-order valence-electron chi connectivity index (χ4n) is 4.22. The number of aromatic hydroxyl groups is 1. The second-order valence-corrected chi connectivity index (χ2v) is 8.28. The van der Waals surface area contributed by atoms with E-state index in [2.05, 4.69) is 4.98 Å². The van der Waals surface area contributed by atoms with Crippen molar-refractivity contribution in [2.45, 2.75) is 32.4 Å². The van der Waals surface area contributed by atoms with Gasteiger partial charge in [-0.3, -0.25) is 14.6 Å². The molecule has 0 spiro atoms. The molecular weight excluding hydrogens is 433 g/mol. The van der Waals surface area contributed by atoms with Crippen LogP contribution in [0, 0.1) is 12.7 Å². The summed E-state index contributed by atoms with van der Waals surface area (Å²) in [5.74, 6) is -1.75. The van der Waals surface area contributed by atoms with Crippen LogP contribution in [-0.2, 0) is 13.0 Å². The van der Waals surface area contributed by atoms with Crippen molar-refractivity contribution < 1.29 is 19.1 Å². The smallest absolute Gasteiger partial charge is 0.267 e. The van der Waals surface area contributed by atoms with E-state index < -0.39 is 23.7 Å². The molecule has 0 radical (unpaired) electrons. The van der Waals surface area contributed by atoms with Crippen molar-refractivity contribution in [2.24, 2.45) is 5.73 Å². The quantitative estimate of drug-likeness (QED) is 0.601. The summed E-state index contributed by atoms with van der Waals surface area (Å²) in [4.78, 5) is 31.1. The van der Waals surface area contributed by atoms with Gasteiger partial charge in [0.1, 0.15) is 17.3 Å². The molecular formula is C24H21ClFN3O3. The zero-order chi connectivity index (χ0) is 23.0. The summed E-state index contributed by atoms with van der Waals surface area (Å²) in [6.07, 6.45) is 2.35. The van der Waals surface area contributed by atoms with Crippen molar-refractivity contribution in [3.8, 4) is 5.75 Å². The van der Waals surface area contributed by atoms with Gasteiger partial charge in [0.05, 0.1) is 11.6 Å². The zero-order valence-corrected chi connectivity index (χ0v) is 18.1. The molecule has 1 aliphatic carbocycles. The molecule has 0 aliphatic heterocycles. The Morgan fingerprint density at radius 1 is 1.28 bits per heavy atom. The number of phenolic OH excluding ortho intramolecular Hbond substituents is 1. The van der Waals surface area contributed by atoms with E-state index in [-0.39, 0.29) is 28.6 Å². The van der Waals surface area contributed by atoms with Gasteiger partial charge < -0.3 is 15.7 Å². The summed E-state index contributed by atoms with van der Waals surface area (Å²) in [5.41, 5.74) is 8.02. The summed E-state index contributed by atoms with van der Waals surface area (Å²) in [6, 6.07) is 10.5. The highest BCUT2D eigenvalue weighted by molar-refractivity contribution is 6.30. The average molecular weight is 454 g/mol. The first-order chi connectivity index (χ1) is 15.3. The minimum Gasteiger partial charge on any atom is -0.507 e. The minimum absolute atomic E-state index is 0.00341. The SMILES string of the molecule is Cc1ccc(O)c(C(=O)N(Cc2cccnc2C(N)=O)[C@@H]2CCc3c(F)cc(Cl)cc32)c1. The first kappa shape index (κ1) is 21.8. The maximum atomic E-state index is 14.5. The lowest BCUT2D eigenvalue weighted by molar-refractivity contribution is 0.0652. The summed E-state index contributed by atoms with van der Waals surface area (Å²) in [5, 5.41) is 10.6. The number of nitrogens with two attached hydrogens (primary N) is 1. The maximum absolute atomic E-state index is 14.5. The number of benzene rings is 2. The van der Waals surface area contributed by atoms with Crippen LogP contribution in [0.1, 0.15) is 55.6 Å². The van der Waals surface area contributed by atoms with Gasteiger partial charge in [-0.1, -0.05) is 29.3 Å². The number of primary amides is 1. The number of phenols is 1. The first-order valence-corrected chi connectivity index (χ1v) is 10.5. The van der Waals surface area contributed by atoms with Crippen LogP contribution >= 0.6 is 11.6 Å². The average Bonchev–Trinajstić information content (AvgIpc) is 3.17. The van der Waals surface area contributed by atoms with Crippen LogP contribution in [0.25, 0.3) is 0 Å². The number of halogens is 2. The Labute approximate surface area is 189 Å². The van der Waals surface area contributed by atoms with Crippen molar-refractivity contribution in [1.29, 1.82) is 0 Å². The van der Waals surface area contributed by atoms with E-state index in [0.717, 1.165) is 5.56 Å². The van der Waals surface area contributed by atoms with Gasteiger partial charge >= 0.3 is 0 Å². The molecule has 2 amide bonds. The van der Waals surface area contributed by atoms with Crippen molar-refractivity contribution in [3.05, 3.63) is 93.0 Å². The normalized spacial score (nSPS) is 14.8. The van der Waals surface area contributed by atoms with Crippen molar-refractivity contribution >= 4 is 23.4 Å². The Balaban J connectivity index is 1.83. The number of hydrogen-bond donors (Lipinski definition) is 2. The van der Waals surface area contributed by atoms with E-state index in [1.54, 1.807) is 30.3 Å². The van der Waals surface area contributed by atoms with Crippen molar-refractivity contribution in [2.75, 3.05) is 0 Å². The van der Waals surface area contributed by atoms with E-state index in [4.69, 9.17) is 17.3 Å². The fourth-order valence-corrected chi connectivity index (χ4v) is 4.43. The number of carbonyl (C=O) groups is 2. The highest BCUT2D eigenvalue weighted by Crippen LogP contribution is 2.40. The van der Waals surface area contributed by atoms with Crippen LogP contribution in [0.3, 0.4) is 0 Å². The van der Waals surface area contributed by atoms with E-state index in [0.29, 0.717) is 29.5 Å². The Morgan fingerprint density at radius 2 is 2.06 bits per heavy atom. The standard InChI is InChI=1S/C24H21ClFN3O3/c1-13-4-7-21(30)18(9-13)24(32)29(12-14-3-2-8-28-22(14)23(27)31)20-6-5-16-17(20)10-15(25)11-19(16)26/h2-4,7-11,20,30H,5-6,12H2,1H3,(H2,27,31)/t20-/m1/s1. The molecule has 32 heavy (non-hydrogen) atoms. The Hall–Kier alpha value is -3.45. The van der Waals surface area contributed by atoms with Crippen molar-refractivity contribution in [3.63, 3.8) is 0 Å². The number of aryl methyl sites for hydroxylation is 1. The zero-order valence-electron chi connectivity index (χ0n) is 17.3. The predicted octanol–water partition coefficient (Wildman–Crippen LogP) is 4.32. The number of aromatic nitrogens is 1. The molecule has 8 heteroatoms. The van der Waals surface area contributed by atoms with Gasteiger partial charge in [0, 0.05) is 23.3 Å². The number of rotatable bonds is 5. The number of amides is 2. The Kier molecular flexibility index (Phi) is 5.84. The number of pyridine rings is 1. The fraction of sp³-hybridized carbons (Fsp3) is 0.208. The van der Waals surface area contributed by atoms with Crippen LogP contribution < -0.4 is 5.73 Å². The predicted molar refractivity (Wildman–Crippen MR) is 118 cm³/mol. The van der Waals surface area contributed by atoms with Gasteiger partial charge in [-0.2, -0.15) is 0 Å². The monoisotopic (exact) mass is 453 g/mol. The van der Waals surface area contributed by atoms with E-state index in [9.17, 15) is 19.1 Å². The molecule has 0 unspecified atom stereocenters. The highest BCUT2D eigenvalue weighted by atomic mass is 35.5. The second kappa shape index (κ2) is 8.59. The highest BCUT2D eigenvalue weighted by Gasteiger charge is 2.35. The van der Waals surface area contributed by atoms with Crippen LogP contribution in [-0.4, -0.2) is 26.8 Å². The maximum Gasteiger partial charge on any atom is 0.267 e. The van der Waals surface area contributed by atoms with Crippen LogP contribution in [0.4, 0.5) is 4.39 Å². The molecule has 1 heterocycles. The second-order valence-electron chi connectivity index (χ2n) is 7.84. The Morgan fingerprint density at radius 3 is 2.81 bits per heavy atom. The molecule has 1 atom stereocenters. The van der Waals surface area contributed by atoms with Crippen molar-refractivity contribution in [1.82, 2.24) is 9.88 Å². The van der Waals surface area contributed by atoms with Gasteiger partial charge in [0.2, 0.25) is 0 Å². The largest absolute Gasteiger partial charge is 0.507 e. The van der Waals surface area contributed by atoms with Gasteiger partial charge in [-0.05, 0) is 61.2 Å². The molecule has 0 saturated carbocycles. The first-order valence-electron chi connectivity index (χ1n) is 10.1. The molecule has 2 aromatic carbocycles. The molecule has 3 N–H and O–H groups in total. The van der Waals surface area contributed by atoms with E-state index in [1.165, 1.54) is 23.2 Å². The number of nitrogens with zero attached hydrogens (tertiary/aromatic N) is 2. The van der Waals surface area contributed by atoms with Gasteiger partial charge in [0.15, 0.2) is 0 Å². The Bertz CT molecular complexity index is 1230. The van der Waals surface area contributed by atoms with Crippen LogP contribution in [0.2, 0.25) is 5.02 Å². The summed E-state index contributed by atoms with van der Waals surface area (Å²) < 4.78 is 14.5. The molecule has 4 rings (SSSR count). The third kappa shape index (κ3) is 4.03. The molecule has 0 saturated heterocycles. The van der Waals surface area contributed by atoms with Gasteiger partial charge in [0.25, 0.3) is 11.8 Å². The topological polar surface area (TPSA) is 96.5 Å². The summed E-state index contributed by atoms with van der Waals surface area (Å²) >= 11 is 6.11. The van der Waals surface area contributed by atoms with Gasteiger partial charge in [-0.25, -0.2) is 4.39 Å². The molecule has 0 fully saturated rings. The number of fused-ring (bicyclic) bond motifs is 1. The summed E-state index contributed by atoms with van der Waals surface area (Å²) in [7, 11) is 0. The lowest BCUT2D eigenvalue weighted by Gasteiger charge is -2.31. The van der Waals surface area contributed by atoms with Crippen LogP contribution in [0.15, 0.2) is 48.7 Å². The molecule has 1 aromatic heterocycles. The lowest BCUT2D eigenvalue weighted by Crippen LogP contribution is -2.34. The van der Waals surface area contributed by atoms with E-state index in [1.807, 2.05) is 6.92 Å². The lowest BCUT2D eigenvalue weighted by atomic mass is 10.0. The third-order valence-corrected chi connectivity index (χ3v) is 5.92. The number of hydrogen-bond acceptors (Lipinski definition) is 4. The number of carbonyl (C=O) groups excluding carboxylic acids is 2. The molecule has 164 valence electrons. The van der Waals surface area contributed by atoms with Crippen LogP contribution in [0.5, 0.6) is 5.75 Å². The molecule has 0 bridgehead atoms.